The predicted molar refractivity (Wildman–Crippen MR) is 100 cm³/mol. The van der Waals surface area contributed by atoms with E-state index in [1.165, 1.54) is 5.56 Å². The minimum atomic E-state index is -0.0756. The Labute approximate surface area is 147 Å². The SMILES string of the molecule is Cc1ccc2c(CC(=O)NC(CCCO)c3ccccc3)c[nH]c2c1. The molecule has 0 radical (unpaired) electrons. The molecule has 0 aliphatic rings. The lowest BCUT2D eigenvalue weighted by atomic mass is 10.0. The molecule has 0 saturated carbocycles. The number of hydrogen-bond acceptors (Lipinski definition) is 2. The molecule has 0 fully saturated rings. The highest BCUT2D eigenvalue weighted by atomic mass is 16.3. The van der Waals surface area contributed by atoms with Crippen molar-refractivity contribution < 1.29 is 9.90 Å². The Balaban J connectivity index is 1.72. The molecule has 1 aromatic heterocycles. The van der Waals surface area contributed by atoms with Gasteiger partial charge in [-0.25, -0.2) is 0 Å². The summed E-state index contributed by atoms with van der Waals surface area (Å²) in [6.07, 6.45) is 3.63. The van der Waals surface area contributed by atoms with Crippen LogP contribution in [-0.4, -0.2) is 22.6 Å². The monoisotopic (exact) mass is 336 g/mol. The number of hydrogen-bond donors (Lipinski definition) is 3. The van der Waals surface area contributed by atoms with Crippen molar-refractivity contribution in [3.63, 3.8) is 0 Å². The summed E-state index contributed by atoms with van der Waals surface area (Å²) in [6, 6.07) is 16.1. The number of nitrogens with one attached hydrogen (secondary N) is 2. The minimum absolute atomic E-state index is 0.00623. The van der Waals surface area contributed by atoms with Crippen LogP contribution in [0.4, 0.5) is 0 Å². The third-order valence-corrected chi connectivity index (χ3v) is 4.46. The standard InChI is InChI=1S/C21H24N2O2/c1-15-9-10-18-17(14-22-20(18)12-15)13-21(25)23-19(8-5-11-24)16-6-3-2-4-7-16/h2-4,6-7,9-10,12,14,19,22,24H,5,8,11,13H2,1H3,(H,23,25). The molecule has 2 aromatic carbocycles. The molecule has 3 aromatic rings. The fourth-order valence-corrected chi connectivity index (χ4v) is 3.17. The molecule has 0 bridgehead atoms. The van der Waals surface area contributed by atoms with Crippen LogP contribution in [0.1, 0.15) is 35.6 Å². The molecular weight excluding hydrogens is 312 g/mol. The van der Waals surface area contributed by atoms with Gasteiger partial charge in [-0.3, -0.25) is 4.79 Å². The van der Waals surface area contributed by atoms with Crippen molar-refractivity contribution in [1.82, 2.24) is 10.3 Å². The van der Waals surface area contributed by atoms with Crippen molar-refractivity contribution in [2.75, 3.05) is 6.61 Å². The van der Waals surface area contributed by atoms with Gasteiger partial charge < -0.3 is 15.4 Å². The first-order valence-corrected chi connectivity index (χ1v) is 8.69. The third-order valence-electron chi connectivity index (χ3n) is 4.46. The number of carbonyl (C=O) groups excluding carboxylic acids is 1. The summed E-state index contributed by atoms with van der Waals surface area (Å²) in [4.78, 5) is 15.8. The molecule has 4 nitrogen and oxygen atoms in total. The first kappa shape index (κ1) is 17.2. The number of carbonyl (C=O) groups is 1. The van der Waals surface area contributed by atoms with E-state index in [-0.39, 0.29) is 18.6 Å². The third kappa shape index (κ3) is 4.28. The van der Waals surface area contributed by atoms with Gasteiger partial charge >= 0.3 is 0 Å². The summed E-state index contributed by atoms with van der Waals surface area (Å²) >= 11 is 0. The normalized spacial score (nSPS) is 12.2. The van der Waals surface area contributed by atoms with Gasteiger partial charge in [-0.15, -0.1) is 0 Å². The van der Waals surface area contributed by atoms with E-state index in [0.29, 0.717) is 12.8 Å². The van der Waals surface area contributed by atoms with E-state index in [2.05, 4.69) is 35.4 Å². The zero-order valence-corrected chi connectivity index (χ0v) is 14.5. The topological polar surface area (TPSA) is 65.1 Å². The van der Waals surface area contributed by atoms with Crippen molar-refractivity contribution in [1.29, 1.82) is 0 Å². The van der Waals surface area contributed by atoms with Crippen LogP contribution >= 0.6 is 0 Å². The number of benzene rings is 2. The molecule has 4 heteroatoms. The first-order chi connectivity index (χ1) is 12.2. The lowest BCUT2D eigenvalue weighted by Crippen LogP contribution is -2.30. The molecule has 25 heavy (non-hydrogen) atoms. The van der Waals surface area contributed by atoms with E-state index < -0.39 is 0 Å². The van der Waals surface area contributed by atoms with Gasteiger partial charge in [-0.1, -0.05) is 42.5 Å². The van der Waals surface area contributed by atoms with Crippen LogP contribution in [0.15, 0.2) is 54.7 Å². The number of rotatable bonds is 7. The molecule has 1 atom stereocenters. The Kier molecular flexibility index (Phi) is 5.51. The van der Waals surface area contributed by atoms with Crippen molar-refractivity contribution in [3.05, 3.63) is 71.4 Å². The molecule has 0 aliphatic carbocycles. The highest BCUT2D eigenvalue weighted by molar-refractivity contribution is 5.89. The average molecular weight is 336 g/mol. The molecule has 3 rings (SSSR count). The number of aryl methyl sites for hydroxylation is 1. The number of aliphatic hydroxyl groups excluding tert-OH is 1. The first-order valence-electron chi connectivity index (χ1n) is 8.69. The minimum Gasteiger partial charge on any atom is -0.396 e. The van der Waals surface area contributed by atoms with Gasteiger partial charge in [-0.05, 0) is 42.5 Å². The number of fused-ring (bicyclic) bond motifs is 1. The Hall–Kier alpha value is -2.59. The molecule has 130 valence electrons. The fraction of sp³-hybridized carbons (Fsp3) is 0.286. The largest absolute Gasteiger partial charge is 0.396 e. The van der Waals surface area contributed by atoms with Crippen LogP contribution in [0, 0.1) is 6.92 Å². The fourth-order valence-electron chi connectivity index (χ4n) is 3.17. The van der Waals surface area contributed by atoms with Crippen molar-refractivity contribution in [2.45, 2.75) is 32.2 Å². The van der Waals surface area contributed by atoms with Crippen LogP contribution in [0.5, 0.6) is 0 Å². The van der Waals surface area contributed by atoms with Gasteiger partial charge in [-0.2, -0.15) is 0 Å². The molecule has 3 N–H and O–H groups in total. The Morgan fingerprint density at radius 2 is 2.00 bits per heavy atom. The maximum absolute atomic E-state index is 12.6. The summed E-state index contributed by atoms with van der Waals surface area (Å²) in [5, 5.41) is 13.3. The zero-order chi connectivity index (χ0) is 17.6. The van der Waals surface area contributed by atoms with Gasteiger partial charge in [0.1, 0.15) is 0 Å². The van der Waals surface area contributed by atoms with Crippen LogP contribution in [0.3, 0.4) is 0 Å². The van der Waals surface area contributed by atoms with E-state index in [1.807, 2.05) is 36.5 Å². The van der Waals surface area contributed by atoms with Crippen LogP contribution in [-0.2, 0) is 11.2 Å². The average Bonchev–Trinajstić information content (AvgIpc) is 3.01. The second-order valence-corrected chi connectivity index (χ2v) is 6.44. The molecule has 1 heterocycles. The van der Waals surface area contributed by atoms with Crippen molar-refractivity contribution >= 4 is 16.8 Å². The summed E-state index contributed by atoms with van der Waals surface area (Å²) in [5.74, 6) is -0.00623. The molecule has 0 spiro atoms. The van der Waals surface area contributed by atoms with E-state index in [1.54, 1.807) is 0 Å². The maximum atomic E-state index is 12.6. The maximum Gasteiger partial charge on any atom is 0.224 e. The lowest BCUT2D eigenvalue weighted by molar-refractivity contribution is -0.121. The smallest absolute Gasteiger partial charge is 0.224 e. The summed E-state index contributed by atoms with van der Waals surface area (Å²) in [5.41, 5.74) is 4.32. The number of H-pyrrole nitrogens is 1. The molecule has 0 aliphatic heterocycles. The van der Waals surface area contributed by atoms with Gasteiger partial charge in [0.25, 0.3) is 0 Å². The van der Waals surface area contributed by atoms with Gasteiger partial charge in [0, 0.05) is 23.7 Å². The Morgan fingerprint density at radius 1 is 1.20 bits per heavy atom. The van der Waals surface area contributed by atoms with E-state index >= 15 is 0 Å². The lowest BCUT2D eigenvalue weighted by Gasteiger charge is -2.19. The van der Waals surface area contributed by atoms with Crippen molar-refractivity contribution in [2.24, 2.45) is 0 Å². The molecule has 1 unspecified atom stereocenters. The second-order valence-electron chi connectivity index (χ2n) is 6.44. The van der Waals surface area contributed by atoms with Gasteiger partial charge in [0.15, 0.2) is 0 Å². The number of amides is 1. The molecular formula is C21H24N2O2. The highest BCUT2D eigenvalue weighted by Crippen LogP contribution is 2.21. The Bertz CT molecular complexity index is 839. The van der Waals surface area contributed by atoms with Crippen LogP contribution in [0.25, 0.3) is 10.9 Å². The van der Waals surface area contributed by atoms with Crippen molar-refractivity contribution in [3.8, 4) is 0 Å². The molecule has 0 saturated heterocycles. The van der Waals surface area contributed by atoms with E-state index in [0.717, 1.165) is 28.5 Å². The summed E-state index contributed by atoms with van der Waals surface area (Å²) in [6.45, 7) is 2.18. The second kappa shape index (κ2) is 7.99. The summed E-state index contributed by atoms with van der Waals surface area (Å²) < 4.78 is 0. The van der Waals surface area contributed by atoms with E-state index in [4.69, 9.17) is 5.11 Å². The van der Waals surface area contributed by atoms with Crippen LogP contribution in [0.2, 0.25) is 0 Å². The van der Waals surface area contributed by atoms with Gasteiger partial charge in [0.2, 0.25) is 5.91 Å². The number of aromatic amines is 1. The van der Waals surface area contributed by atoms with E-state index in [9.17, 15) is 4.79 Å². The highest BCUT2D eigenvalue weighted by Gasteiger charge is 2.15. The Morgan fingerprint density at radius 3 is 2.76 bits per heavy atom. The predicted octanol–water partition coefficient (Wildman–Crippen LogP) is 3.65. The number of aromatic nitrogens is 1. The summed E-state index contributed by atoms with van der Waals surface area (Å²) in [7, 11) is 0. The quantitative estimate of drug-likeness (QED) is 0.616. The molecule has 1 amide bonds. The van der Waals surface area contributed by atoms with Crippen LogP contribution < -0.4 is 5.32 Å². The zero-order valence-electron chi connectivity index (χ0n) is 14.5. The van der Waals surface area contributed by atoms with Gasteiger partial charge in [0.05, 0.1) is 12.5 Å². The number of aliphatic hydroxyl groups is 1.